The number of nitrogens with zero attached hydrogens (tertiary/aromatic N) is 2. The van der Waals surface area contributed by atoms with Crippen LogP contribution in [0.25, 0.3) is 0 Å². The third kappa shape index (κ3) is 6.43. The lowest BCUT2D eigenvalue weighted by Gasteiger charge is -2.30. The van der Waals surface area contributed by atoms with E-state index >= 15 is 0 Å². The Morgan fingerprint density at radius 2 is 1.63 bits per heavy atom. The summed E-state index contributed by atoms with van der Waals surface area (Å²) in [6.45, 7) is 2.21. The summed E-state index contributed by atoms with van der Waals surface area (Å²) in [6, 6.07) is 13.1. The van der Waals surface area contributed by atoms with Crippen molar-refractivity contribution in [1.82, 2.24) is 4.90 Å². The van der Waals surface area contributed by atoms with E-state index in [0.29, 0.717) is 18.4 Å². The zero-order valence-corrected chi connectivity index (χ0v) is 17.4. The highest BCUT2D eigenvalue weighted by Gasteiger charge is 2.30. The summed E-state index contributed by atoms with van der Waals surface area (Å²) in [7, 11) is 4.03. The average molecular weight is 416 g/mol. The lowest BCUT2D eigenvalue weighted by atomic mass is 9.94. The van der Waals surface area contributed by atoms with Crippen LogP contribution in [0.4, 0.5) is 18.9 Å². The van der Waals surface area contributed by atoms with Gasteiger partial charge in [-0.25, -0.2) is 0 Å². The van der Waals surface area contributed by atoms with E-state index in [-0.39, 0.29) is 0 Å². The average Bonchev–Trinajstić information content (AvgIpc) is 2.73. The Morgan fingerprint density at radius 3 is 2.20 bits per heavy atom. The first-order chi connectivity index (χ1) is 14.3. The second-order valence-electron chi connectivity index (χ2n) is 7.80. The second-order valence-corrected chi connectivity index (χ2v) is 7.80. The molecule has 1 aliphatic heterocycles. The molecule has 0 aliphatic carbocycles. The Bertz CT molecular complexity index is 857. The van der Waals surface area contributed by atoms with Crippen molar-refractivity contribution in [2.45, 2.75) is 25.4 Å². The van der Waals surface area contributed by atoms with Gasteiger partial charge in [-0.3, -0.25) is 4.90 Å². The van der Waals surface area contributed by atoms with Crippen LogP contribution in [0.5, 0.6) is 5.75 Å². The fourth-order valence-electron chi connectivity index (χ4n) is 3.37. The molecule has 0 aromatic heterocycles. The van der Waals surface area contributed by atoms with E-state index in [1.165, 1.54) is 12.1 Å². The lowest BCUT2D eigenvalue weighted by molar-refractivity contribution is -0.137. The molecule has 2 aromatic rings. The van der Waals surface area contributed by atoms with E-state index in [4.69, 9.17) is 4.74 Å². The van der Waals surface area contributed by atoms with Crippen molar-refractivity contribution in [1.29, 1.82) is 0 Å². The standard InChI is InChI=1S/C24H27F3N2O/c1-28(2)22-10-6-19(7-11-22)4-3-5-20-14-16-29(17-15-20)18-30-23-12-8-21(9-13-23)24(25,26)27/h6-13,20H,5,14-18H2,1-2H3. The highest BCUT2D eigenvalue weighted by Crippen LogP contribution is 2.30. The number of rotatable bonds is 5. The monoisotopic (exact) mass is 416 g/mol. The van der Waals surface area contributed by atoms with Crippen molar-refractivity contribution < 1.29 is 17.9 Å². The summed E-state index contributed by atoms with van der Waals surface area (Å²) in [5.74, 6) is 7.57. The minimum absolute atomic E-state index is 0.391. The molecule has 1 fully saturated rings. The summed E-state index contributed by atoms with van der Waals surface area (Å²) in [6.07, 6.45) is -1.35. The maximum Gasteiger partial charge on any atom is 0.416 e. The van der Waals surface area contributed by atoms with Gasteiger partial charge in [0.05, 0.1) is 5.56 Å². The lowest BCUT2D eigenvalue weighted by Crippen LogP contribution is -2.36. The summed E-state index contributed by atoms with van der Waals surface area (Å²) >= 11 is 0. The smallest absolute Gasteiger partial charge is 0.416 e. The molecule has 2 aromatic carbocycles. The molecule has 0 saturated carbocycles. The molecule has 0 unspecified atom stereocenters. The summed E-state index contributed by atoms with van der Waals surface area (Å²) < 4.78 is 43.4. The second kappa shape index (κ2) is 9.90. The highest BCUT2D eigenvalue weighted by molar-refractivity contribution is 5.49. The normalized spacial score (nSPS) is 15.4. The van der Waals surface area contributed by atoms with Gasteiger partial charge in [0.2, 0.25) is 0 Å². The van der Waals surface area contributed by atoms with Crippen LogP contribution in [0.1, 0.15) is 30.4 Å². The number of halogens is 3. The van der Waals surface area contributed by atoms with Gasteiger partial charge in [-0.1, -0.05) is 11.8 Å². The van der Waals surface area contributed by atoms with E-state index < -0.39 is 11.7 Å². The highest BCUT2D eigenvalue weighted by atomic mass is 19.4. The van der Waals surface area contributed by atoms with Crippen LogP contribution in [0.3, 0.4) is 0 Å². The van der Waals surface area contributed by atoms with Crippen LogP contribution in [0.15, 0.2) is 48.5 Å². The van der Waals surface area contributed by atoms with Gasteiger partial charge in [-0.15, -0.1) is 0 Å². The van der Waals surface area contributed by atoms with E-state index in [1.54, 1.807) is 0 Å². The fourth-order valence-corrected chi connectivity index (χ4v) is 3.37. The molecule has 0 amide bonds. The molecule has 160 valence electrons. The Balaban J connectivity index is 1.39. The maximum atomic E-state index is 12.6. The number of benzene rings is 2. The molecule has 0 bridgehead atoms. The van der Waals surface area contributed by atoms with Gasteiger partial charge >= 0.3 is 6.18 Å². The molecule has 6 heteroatoms. The van der Waals surface area contributed by atoms with Gasteiger partial charge < -0.3 is 9.64 Å². The van der Waals surface area contributed by atoms with Gasteiger partial charge in [0.15, 0.2) is 0 Å². The molecule has 30 heavy (non-hydrogen) atoms. The first kappa shape index (κ1) is 22.0. The molecule has 1 saturated heterocycles. The maximum absolute atomic E-state index is 12.6. The van der Waals surface area contributed by atoms with Crippen molar-refractivity contribution in [3.8, 4) is 17.6 Å². The van der Waals surface area contributed by atoms with Crippen molar-refractivity contribution in [3.05, 3.63) is 59.7 Å². The molecule has 1 aliphatic rings. The number of ether oxygens (including phenoxy) is 1. The Kier molecular flexibility index (Phi) is 7.28. The van der Waals surface area contributed by atoms with Crippen LogP contribution >= 0.6 is 0 Å². The first-order valence-corrected chi connectivity index (χ1v) is 10.1. The van der Waals surface area contributed by atoms with Gasteiger partial charge in [0.25, 0.3) is 0 Å². The number of anilines is 1. The summed E-state index contributed by atoms with van der Waals surface area (Å²) in [4.78, 5) is 4.24. The minimum atomic E-state index is -4.32. The largest absolute Gasteiger partial charge is 0.478 e. The fraction of sp³-hybridized carbons (Fsp3) is 0.417. The van der Waals surface area contributed by atoms with Crippen LogP contribution < -0.4 is 9.64 Å². The number of piperidine rings is 1. The van der Waals surface area contributed by atoms with Crippen molar-refractivity contribution in [2.75, 3.05) is 38.8 Å². The van der Waals surface area contributed by atoms with Crippen molar-refractivity contribution in [3.63, 3.8) is 0 Å². The predicted molar refractivity (Wildman–Crippen MR) is 114 cm³/mol. The molecule has 3 rings (SSSR count). The summed E-state index contributed by atoms with van der Waals surface area (Å²) in [5, 5.41) is 0. The number of hydrogen-bond acceptors (Lipinski definition) is 3. The number of alkyl halides is 3. The molecular formula is C24H27F3N2O. The topological polar surface area (TPSA) is 15.7 Å². The van der Waals surface area contributed by atoms with Gasteiger partial charge in [0, 0.05) is 44.9 Å². The van der Waals surface area contributed by atoms with Gasteiger partial charge in [0.1, 0.15) is 12.5 Å². The molecule has 0 N–H and O–H groups in total. The Hall–Kier alpha value is -2.65. The van der Waals surface area contributed by atoms with E-state index in [1.807, 2.05) is 26.2 Å². The van der Waals surface area contributed by atoms with Crippen LogP contribution in [-0.4, -0.2) is 38.8 Å². The molecule has 0 radical (unpaired) electrons. The third-order valence-corrected chi connectivity index (χ3v) is 5.31. The van der Waals surface area contributed by atoms with Crippen LogP contribution in [-0.2, 0) is 6.18 Å². The molecular weight excluding hydrogens is 389 g/mol. The predicted octanol–water partition coefficient (Wildman–Crippen LogP) is 5.26. The first-order valence-electron chi connectivity index (χ1n) is 10.1. The van der Waals surface area contributed by atoms with E-state index in [9.17, 15) is 13.2 Å². The zero-order valence-electron chi connectivity index (χ0n) is 17.4. The van der Waals surface area contributed by atoms with Crippen molar-refractivity contribution in [2.24, 2.45) is 5.92 Å². The quantitative estimate of drug-likeness (QED) is 0.619. The Morgan fingerprint density at radius 1 is 1.00 bits per heavy atom. The van der Waals surface area contributed by atoms with E-state index in [2.05, 4.69) is 33.8 Å². The zero-order chi connectivity index (χ0) is 21.6. The minimum Gasteiger partial charge on any atom is -0.478 e. The van der Waals surface area contributed by atoms with Gasteiger partial charge in [-0.05, 0) is 67.3 Å². The third-order valence-electron chi connectivity index (χ3n) is 5.31. The summed E-state index contributed by atoms with van der Waals surface area (Å²) in [5.41, 5.74) is 1.53. The Labute approximate surface area is 176 Å². The van der Waals surface area contributed by atoms with Crippen LogP contribution in [0.2, 0.25) is 0 Å². The molecule has 0 atom stereocenters. The SMILES string of the molecule is CN(C)c1ccc(C#CCC2CCN(COc3ccc(C(F)(F)F)cc3)CC2)cc1. The van der Waals surface area contributed by atoms with Crippen LogP contribution in [0, 0.1) is 17.8 Å². The number of hydrogen-bond donors (Lipinski definition) is 0. The van der Waals surface area contributed by atoms with Crippen molar-refractivity contribution >= 4 is 5.69 Å². The molecule has 1 heterocycles. The molecule has 3 nitrogen and oxygen atoms in total. The van der Waals surface area contributed by atoms with E-state index in [0.717, 1.165) is 55.7 Å². The van der Waals surface area contributed by atoms with Gasteiger partial charge in [-0.2, -0.15) is 13.2 Å². The molecule has 0 spiro atoms. The number of likely N-dealkylation sites (tertiary alicyclic amines) is 1.